The molecular formula is C13H12N2O5S. The maximum atomic E-state index is 11.6. The van der Waals surface area contributed by atoms with Gasteiger partial charge in [0.2, 0.25) is 0 Å². The Morgan fingerprint density at radius 2 is 2.05 bits per heavy atom. The summed E-state index contributed by atoms with van der Waals surface area (Å²) < 4.78 is 9.76. The Balaban J connectivity index is 2.35. The van der Waals surface area contributed by atoms with Gasteiger partial charge in [-0.25, -0.2) is 4.79 Å². The molecule has 1 N–H and O–H groups in total. The van der Waals surface area contributed by atoms with Crippen LogP contribution in [-0.4, -0.2) is 25.1 Å². The molecule has 0 aliphatic carbocycles. The van der Waals surface area contributed by atoms with Crippen LogP contribution in [0, 0.1) is 10.1 Å². The third-order valence-electron chi connectivity index (χ3n) is 2.65. The normalized spacial score (nSPS) is 10.0. The van der Waals surface area contributed by atoms with Crippen molar-refractivity contribution in [3.05, 3.63) is 45.3 Å². The summed E-state index contributed by atoms with van der Waals surface area (Å²) in [6.45, 7) is 0. The number of carbonyl (C=O) groups excluding carboxylic acids is 1. The van der Waals surface area contributed by atoms with E-state index >= 15 is 0 Å². The summed E-state index contributed by atoms with van der Waals surface area (Å²) >= 11 is 1.10. The van der Waals surface area contributed by atoms with E-state index in [9.17, 15) is 14.9 Å². The van der Waals surface area contributed by atoms with E-state index in [0.717, 1.165) is 11.3 Å². The van der Waals surface area contributed by atoms with Crippen LogP contribution >= 0.6 is 11.3 Å². The minimum absolute atomic E-state index is 0.0514. The average Bonchev–Trinajstić information content (AvgIpc) is 2.89. The van der Waals surface area contributed by atoms with E-state index in [1.807, 2.05) is 0 Å². The summed E-state index contributed by atoms with van der Waals surface area (Å²) in [6, 6.07) is 7.84. The van der Waals surface area contributed by atoms with Crippen LogP contribution in [-0.2, 0) is 4.74 Å². The number of nitro benzene ring substituents is 1. The molecule has 8 heteroatoms. The predicted molar refractivity (Wildman–Crippen MR) is 78.6 cm³/mol. The first-order valence-corrected chi connectivity index (χ1v) is 6.65. The van der Waals surface area contributed by atoms with Crippen molar-refractivity contribution in [1.82, 2.24) is 0 Å². The van der Waals surface area contributed by atoms with Gasteiger partial charge in [0.15, 0.2) is 4.88 Å². The highest BCUT2D eigenvalue weighted by molar-refractivity contribution is 7.18. The van der Waals surface area contributed by atoms with Crippen molar-refractivity contribution in [2.24, 2.45) is 0 Å². The molecular weight excluding hydrogens is 296 g/mol. The van der Waals surface area contributed by atoms with Gasteiger partial charge < -0.3 is 14.8 Å². The molecule has 0 saturated heterocycles. The molecule has 1 aromatic heterocycles. The van der Waals surface area contributed by atoms with Crippen molar-refractivity contribution in [1.29, 1.82) is 0 Å². The number of ether oxygens (including phenoxy) is 2. The summed E-state index contributed by atoms with van der Waals surface area (Å²) in [5.41, 5.74) is 0.285. The first-order valence-electron chi connectivity index (χ1n) is 5.83. The van der Waals surface area contributed by atoms with Gasteiger partial charge in [0.25, 0.3) is 5.69 Å². The van der Waals surface area contributed by atoms with E-state index in [2.05, 4.69) is 10.1 Å². The van der Waals surface area contributed by atoms with Crippen LogP contribution in [0.25, 0.3) is 0 Å². The van der Waals surface area contributed by atoms with Gasteiger partial charge in [-0.3, -0.25) is 10.1 Å². The summed E-state index contributed by atoms with van der Waals surface area (Å²) in [7, 11) is 2.71. The van der Waals surface area contributed by atoms with E-state index in [1.54, 1.807) is 24.3 Å². The number of anilines is 2. The van der Waals surface area contributed by atoms with Gasteiger partial charge in [0, 0.05) is 12.1 Å². The van der Waals surface area contributed by atoms with Crippen LogP contribution in [0.4, 0.5) is 16.4 Å². The molecule has 0 radical (unpaired) electrons. The summed E-state index contributed by atoms with van der Waals surface area (Å²) in [5.74, 6) is -0.166. The minimum atomic E-state index is -0.521. The van der Waals surface area contributed by atoms with Crippen LogP contribution < -0.4 is 10.1 Å². The van der Waals surface area contributed by atoms with E-state index in [0.29, 0.717) is 21.3 Å². The molecule has 2 aromatic rings. The second-order valence-corrected chi connectivity index (χ2v) is 4.95. The zero-order valence-electron chi connectivity index (χ0n) is 11.3. The Bertz CT molecular complexity index is 683. The Kier molecular flexibility index (Phi) is 4.39. The molecule has 0 bridgehead atoms. The Morgan fingerprint density at radius 1 is 1.33 bits per heavy atom. The van der Waals surface area contributed by atoms with Crippen molar-refractivity contribution in [3.63, 3.8) is 0 Å². The molecule has 1 heterocycles. The first-order chi connectivity index (χ1) is 10.1. The molecule has 1 aromatic carbocycles. The Hall–Kier alpha value is -2.61. The second kappa shape index (κ2) is 6.23. The van der Waals surface area contributed by atoms with Crippen molar-refractivity contribution in [2.45, 2.75) is 0 Å². The van der Waals surface area contributed by atoms with Crippen LogP contribution in [0.3, 0.4) is 0 Å². The highest BCUT2D eigenvalue weighted by Crippen LogP contribution is 2.37. The van der Waals surface area contributed by atoms with E-state index in [4.69, 9.17) is 4.74 Å². The number of carbonyl (C=O) groups is 1. The van der Waals surface area contributed by atoms with E-state index in [-0.39, 0.29) is 5.69 Å². The molecule has 7 nitrogen and oxygen atoms in total. The van der Waals surface area contributed by atoms with Crippen LogP contribution in [0.15, 0.2) is 30.3 Å². The lowest BCUT2D eigenvalue weighted by atomic mass is 10.2. The van der Waals surface area contributed by atoms with Crippen LogP contribution in [0.5, 0.6) is 5.75 Å². The molecule has 0 saturated carbocycles. The first kappa shape index (κ1) is 14.8. The lowest BCUT2D eigenvalue weighted by Gasteiger charge is -2.03. The third kappa shape index (κ3) is 3.11. The SMILES string of the molecule is COC(=O)c1sc(Nc2ccccc2[N+](=O)[O-])cc1OC. The number of rotatable bonds is 5. The Labute approximate surface area is 124 Å². The molecule has 0 fully saturated rings. The van der Waals surface area contributed by atoms with Gasteiger partial charge in [0.1, 0.15) is 11.4 Å². The average molecular weight is 308 g/mol. The minimum Gasteiger partial charge on any atom is -0.495 e. The number of nitrogens with zero attached hydrogens (tertiary/aromatic N) is 1. The number of esters is 1. The molecule has 0 aliphatic rings. The fourth-order valence-electron chi connectivity index (χ4n) is 1.69. The van der Waals surface area contributed by atoms with Crippen molar-refractivity contribution < 1.29 is 19.2 Å². The number of nitrogens with one attached hydrogen (secondary N) is 1. The lowest BCUT2D eigenvalue weighted by molar-refractivity contribution is -0.383. The molecule has 0 spiro atoms. The van der Waals surface area contributed by atoms with E-state index in [1.165, 1.54) is 20.3 Å². The van der Waals surface area contributed by atoms with Gasteiger partial charge in [-0.1, -0.05) is 12.1 Å². The lowest BCUT2D eigenvalue weighted by Crippen LogP contribution is -1.99. The monoisotopic (exact) mass is 308 g/mol. The zero-order chi connectivity index (χ0) is 15.4. The number of hydrogen-bond acceptors (Lipinski definition) is 7. The third-order valence-corrected chi connectivity index (χ3v) is 3.66. The zero-order valence-corrected chi connectivity index (χ0v) is 12.1. The number of para-hydroxylation sites is 2. The molecule has 0 atom stereocenters. The van der Waals surface area contributed by atoms with Gasteiger partial charge in [-0.2, -0.15) is 0 Å². The number of methoxy groups -OCH3 is 2. The summed E-state index contributed by atoms with van der Waals surface area (Å²) in [6.07, 6.45) is 0. The van der Waals surface area contributed by atoms with Gasteiger partial charge in [-0.05, 0) is 6.07 Å². The predicted octanol–water partition coefficient (Wildman–Crippen LogP) is 3.20. The van der Waals surface area contributed by atoms with Crippen LogP contribution in [0.1, 0.15) is 9.67 Å². The summed E-state index contributed by atoms with van der Waals surface area (Å²) in [5, 5.41) is 14.4. The van der Waals surface area contributed by atoms with Crippen molar-refractivity contribution in [2.75, 3.05) is 19.5 Å². The maximum absolute atomic E-state index is 11.6. The number of benzene rings is 1. The molecule has 2 rings (SSSR count). The molecule has 21 heavy (non-hydrogen) atoms. The molecule has 0 unspecified atom stereocenters. The molecule has 0 aliphatic heterocycles. The number of thiophene rings is 1. The fourth-order valence-corrected chi connectivity index (χ4v) is 2.65. The van der Waals surface area contributed by atoms with Crippen molar-refractivity contribution in [3.8, 4) is 5.75 Å². The largest absolute Gasteiger partial charge is 0.495 e. The quantitative estimate of drug-likeness (QED) is 0.518. The van der Waals surface area contributed by atoms with Gasteiger partial charge in [0.05, 0.1) is 24.1 Å². The molecule has 0 amide bonds. The van der Waals surface area contributed by atoms with E-state index < -0.39 is 10.9 Å². The maximum Gasteiger partial charge on any atom is 0.351 e. The number of nitro groups is 1. The highest BCUT2D eigenvalue weighted by atomic mass is 32.1. The summed E-state index contributed by atoms with van der Waals surface area (Å²) in [4.78, 5) is 22.4. The second-order valence-electron chi connectivity index (χ2n) is 3.90. The molecule has 110 valence electrons. The fraction of sp³-hybridized carbons (Fsp3) is 0.154. The van der Waals surface area contributed by atoms with Crippen molar-refractivity contribution >= 4 is 33.7 Å². The van der Waals surface area contributed by atoms with Gasteiger partial charge in [-0.15, -0.1) is 11.3 Å². The topological polar surface area (TPSA) is 90.7 Å². The number of hydrogen-bond donors (Lipinski definition) is 1. The van der Waals surface area contributed by atoms with Crippen LogP contribution in [0.2, 0.25) is 0 Å². The highest BCUT2D eigenvalue weighted by Gasteiger charge is 2.19. The smallest absolute Gasteiger partial charge is 0.351 e. The Morgan fingerprint density at radius 3 is 2.67 bits per heavy atom. The van der Waals surface area contributed by atoms with Gasteiger partial charge >= 0.3 is 5.97 Å². The standard InChI is InChI=1S/C13H12N2O5S/c1-19-10-7-11(21-12(10)13(16)20-2)14-8-5-3-4-6-9(8)15(17)18/h3-7,14H,1-2H3.